The standard InChI is InChI=1S/C23H33N3O3/c1-16(2)10-22(28)25(3)23-18-6-7-19(23)13-26(12-18)14-20(27)15-29-21-8-4-17(11-24)5-9-21/h4-5,8-9,16,18-20,23,27H,6-7,10,12-15H2,1-3H3. The number of carbonyl (C=O) groups is 1. The van der Waals surface area contributed by atoms with E-state index >= 15 is 0 Å². The van der Waals surface area contributed by atoms with E-state index in [1.807, 2.05) is 11.9 Å². The third-order valence-electron chi connectivity index (χ3n) is 6.18. The third-order valence-corrected chi connectivity index (χ3v) is 6.18. The van der Waals surface area contributed by atoms with E-state index in [0.717, 1.165) is 25.9 Å². The molecule has 2 bridgehead atoms. The number of hydrogen-bond donors (Lipinski definition) is 1. The lowest BCUT2D eigenvalue weighted by atomic mass is 9.90. The Morgan fingerprint density at radius 3 is 2.45 bits per heavy atom. The molecule has 2 fully saturated rings. The van der Waals surface area contributed by atoms with E-state index in [0.29, 0.717) is 48.1 Å². The molecule has 158 valence electrons. The molecule has 6 heteroatoms. The fraction of sp³-hybridized carbons (Fsp3) is 0.652. The summed E-state index contributed by atoms with van der Waals surface area (Å²) in [5.41, 5.74) is 0.591. The number of piperidine rings is 1. The van der Waals surface area contributed by atoms with E-state index in [2.05, 4.69) is 24.8 Å². The first kappa shape index (κ1) is 21.6. The minimum absolute atomic E-state index is 0.230. The number of nitriles is 1. The van der Waals surface area contributed by atoms with Crippen LogP contribution in [0.15, 0.2) is 24.3 Å². The third kappa shape index (κ3) is 5.49. The monoisotopic (exact) mass is 399 g/mol. The molecule has 29 heavy (non-hydrogen) atoms. The fourth-order valence-corrected chi connectivity index (χ4v) is 4.90. The second-order valence-electron chi connectivity index (χ2n) is 9.01. The lowest BCUT2D eigenvalue weighted by Crippen LogP contribution is -2.54. The molecule has 3 unspecified atom stereocenters. The van der Waals surface area contributed by atoms with Crippen molar-refractivity contribution in [2.45, 2.75) is 45.3 Å². The number of benzene rings is 1. The molecule has 1 aliphatic carbocycles. The van der Waals surface area contributed by atoms with Crippen LogP contribution in [0.2, 0.25) is 0 Å². The lowest BCUT2D eigenvalue weighted by Gasteiger charge is -2.43. The van der Waals surface area contributed by atoms with Crippen LogP contribution in [0.3, 0.4) is 0 Å². The van der Waals surface area contributed by atoms with Crippen LogP contribution < -0.4 is 4.74 Å². The van der Waals surface area contributed by atoms with Gasteiger partial charge in [-0.1, -0.05) is 13.8 Å². The zero-order valence-corrected chi connectivity index (χ0v) is 17.8. The highest BCUT2D eigenvalue weighted by molar-refractivity contribution is 5.76. The van der Waals surface area contributed by atoms with E-state index in [-0.39, 0.29) is 12.5 Å². The number of amides is 1. The topological polar surface area (TPSA) is 76.8 Å². The molecular weight excluding hydrogens is 366 g/mol. The second-order valence-corrected chi connectivity index (χ2v) is 9.01. The van der Waals surface area contributed by atoms with Gasteiger partial charge in [0.2, 0.25) is 5.91 Å². The van der Waals surface area contributed by atoms with Crippen LogP contribution >= 0.6 is 0 Å². The van der Waals surface area contributed by atoms with Gasteiger partial charge in [-0.3, -0.25) is 9.69 Å². The summed E-state index contributed by atoms with van der Waals surface area (Å²) in [6.07, 6.45) is 2.36. The first-order valence-corrected chi connectivity index (χ1v) is 10.7. The van der Waals surface area contributed by atoms with E-state index in [4.69, 9.17) is 10.00 Å². The molecule has 1 saturated carbocycles. The smallest absolute Gasteiger partial charge is 0.222 e. The van der Waals surface area contributed by atoms with Crippen molar-refractivity contribution in [3.8, 4) is 11.8 Å². The van der Waals surface area contributed by atoms with Crippen LogP contribution in [-0.4, -0.2) is 66.2 Å². The Balaban J connectivity index is 1.48. The first-order chi connectivity index (χ1) is 13.9. The van der Waals surface area contributed by atoms with Gasteiger partial charge in [0.15, 0.2) is 0 Å². The van der Waals surface area contributed by atoms with E-state index in [9.17, 15) is 9.90 Å². The van der Waals surface area contributed by atoms with E-state index in [1.54, 1.807) is 24.3 Å². The van der Waals surface area contributed by atoms with Crippen molar-refractivity contribution in [3.05, 3.63) is 29.8 Å². The summed E-state index contributed by atoms with van der Waals surface area (Å²) in [7, 11) is 1.97. The fourth-order valence-electron chi connectivity index (χ4n) is 4.90. The van der Waals surface area contributed by atoms with Crippen molar-refractivity contribution in [2.24, 2.45) is 17.8 Å². The summed E-state index contributed by atoms with van der Waals surface area (Å²) >= 11 is 0. The van der Waals surface area contributed by atoms with Gasteiger partial charge >= 0.3 is 0 Å². The maximum atomic E-state index is 12.5. The molecule has 0 spiro atoms. The van der Waals surface area contributed by atoms with Gasteiger partial charge < -0.3 is 14.7 Å². The van der Waals surface area contributed by atoms with Crippen molar-refractivity contribution in [2.75, 3.05) is 33.3 Å². The summed E-state index contributed by atoms with van der Waals surface area (Å²) in [5.74, 6) is 2.27. The van der Waals surface area contributed by atoms with Crippen molar-refractivity contribution >= 4 is 5.91 Å². The number of fused-ring (bicyclic) bond motifs is 2. The molecule has 1 aliphatic heterocycles. The summed E-state index contributed by atoms with van der Waals surface area (Å²) in [5, 5.41) is 19.3. The summed E-state index contributed by atoms with van der Waals surface area (Å²) in [4.78, 5) is 16.9. The maximum Gasteiger partial charge on any atom is 0.222 e. The first-order valence-electron chi connectivity index (χ1n) is 10.7. The zero-order valence-electron chi connectivity index (χ0n) is 17.8. The highest BCUT2D eigenvalue weighted by Gasteiger charge is 2.45. The molecule has 3 atom stereocenters. The van der Waals surface area contributed by atoms with Crippen molar-refractivity contribution < 1.29 is 14.6 Å². The average Bonchev–Trinajstić information content (AvgIpc) is 2.96. The Bertz CT molecular complexity index is 714. The van der Waals surface area contributed by atoms with Crippen LogP contribution in [0, 0.1) is 29.1 Å². The minimum Gasteiger partial charge on any atom is -0.491 e. The number of ether oxygens (including phenoxy) is 1. The number of carbonyl (C=O) groups excluding carboxylic acids is 1. The number of aliphatic hydroxyl groups is 1. The van der Waals surface area contributed by atoms with Crippen LogP contribution in [0.5, 0.6) is 5.75 Å². The summed E-state index contributed by atoms with van der Waals surface area (Å²) in [6, 6.07) is 9.34. The van der Waals surface area contributed by atoms with Gasteiger partial charge in [-0.25, -0.2) is 0 Å². The van der Waals surface area contributed by atoms with E-state index < -0.39 is 6.10 Å². The maximum absolute atomic E-state index is 12.5. The predicted octanol–water partition coefficient (Wildman–Crippen LogP) is 2.51. The molecule has 0 aromatic heterocycles. The molecule has 1 amide bonds. The number of β-amino-alcohol motifs (C(OH)–C–C–N with tert-alkyl or cyclic N) is 1. The van der Waals surface area contributed by atoms with Crippen LogP contribution in [-0.2, 0) is 4.79 Å². The molecule has 1 heterocycles. The SMILES string of the molecule is CC(C)CC(=O)N(C)C1C2CCC1CN(CC(O)COc1ccc(C#N)cc1)C2. The number of likely N-dealkylation sites (tertiary alicyclic amines) is 1. The average molecular weight is 400 g/mol. The van der Waals surface area contributed by atoms with Crippen molar-refractivity contribution in [3.63, 3.8) is 0 Å². The molecule has 2 aliphatic rings. The van der Waals surface area contributed by atoms with Gasteiger partial charge in [0.05, 0.1) is 11.6 Å². The Labute approximate surface area is 174 Å². The predicted molar refractivity (Wildman–Crippen MR) is 111 cm³/mol. The van der Waals surface area contributed by atoms with Crippen LogP contribution in [0.25, 0.3) is 0 Å². The summed E-state index contributed by atoms with van der Waals surface area (Å²) in [6.45, 7) is 6.84. The molecule has 0 radical (unpaired) electrons. The molecule has 1 saturated heterocycles. The molecule has 6 nitrogen and oxygen atoms in total. The Morgan fingerprint density at radius 1 is 1.28 bits per heavy atom. The minimum atomic E-state index is -0.568. The lowest BCUT2D eigenvalue weighted by molar-refractivity contribution is -0.135. The Morgan fingerprint density at radius 2 is 1.90 bits per heavy atom. The highest BCUT2D eigenvalue weighted by atomic mass is 16.5. The largest absolute Gasteiger partial charge is 0.491 e. The number of nitrogens with zero attached hydrogens (tertiary/aromatic N) is 3. The van der Waals surface area contributed by atoms with E-state index in [1.165, 1.54) is 0 Å². The number of rotatable bonds is 8. The second kappa shape index (κ2) is 9.60. The van der Waals surface area contributed by atoms with Gasteiger partial charge in [0, 0.05) is 39.1 Å². The highest BCUT2D eigenvalue weighted by Crippen LogP contribution is 2.40. The van der Waals surface area contributed by atoms with Gasteiger partial charge in [-0.15, -0.1) is 0 Å². The van der Waals surface area contributed by atoms with Gasteiger partial charge in [0.25, 0.3) is 0 Å². The molecule has 1 aromatic rings. The zero-order chi connectivity index (χ0) is 21.0. The number of aliphatic hydroxyl groups excluding tert-OH is 1. The van der Waals surface area contributed by atoms with Crippen LogP contribution in [0.1, 0.15) is 38.7 Å². The normalized spacial score (nSPS) is 24.9. The molecule has 3 rings (SSSR count). The van der Waals surface area contributed by atoms with Crippen molar-refractivity contribution in [1.29, 1.82) is 5.26 Å². The van der Waals surface area contributed by atoms with Crippen LogP contribution in [0.4, 0.5) is 0 Å². The Hall–Kier alpha value is -2.10. The summed E-state index contributed by atoms with van der Waals surface area (Å²) < 4.78 is 5.67. The number of hydrogen-bond acceptors (Lipinski definition) is 5. The molecular formula is C23H33N3O3. The van der Waals surface area contributed by atoms with Gasteiger partial charge in [-0.2, -0.15) is 5.26 Å². The van der Waals surface area contributed by atoms with Crippen molar-refractivity contribution in [1.82, 2.24) is 9.80 Å². The quantitative estimate of drug-likeness (QED) is 0.727. The Kier molecular flexibility index (Phi) is 7.15. The molecule has 1 aromatic carbocycles. The van der Waals surface area contributed by atoms with Gasteiger partial charge in [-0.05, 0) is 54.9 Å². The van der Waals surface area contributed by atoms with Gasteiger partial charge in [0.1, 0.15) is 18.5 Å². The molecule has 1 N–H and O–H groups in total.